The molecule has 0 aliphatic carbocycles. The van der Waals surface area contributed by atoms with Crippen molar-refractivity contribution < 1.29 is 37.0 Å². The number of amides is 2. The lowest BCUT2D eigenvalue weighted by molar-refractivity contribution is -0.265. The molecule has 210 valence electrons. The van der Waals surface area contributed by atoms with Crippen LogP contribution in [0.15, 0.2) is 60.9 Å². The van der Waals surface area contributed by atoms with Crippen LogP contribution in [0.25, 0.3) is 16.8 Å². The molecule has 2 amide bonds. The first-order valence-electron chi connectivity index (χ1n) is 12.2. The molecule has 0 saturated heterocycles. The van der Waals surface area contributed by atoms with Crippen molar-refractivity contribution >= 4 is 17.3 Å². The molecule has 0 bridgehead atoms. The SMILES string of the molecule is CCOc1c(CC(N)=O)cc([C@@](O)(CNC(=O)c2ccc3cc(C)cn3c2)C(F)(F)F)nc1-c1ccc(F)cc1. The number of primary amides is 1. The van der Waals surface area contributed by atoms with Gasteiger partial charge in [-0.1, -0.05) is 0 Å². The molecule has 0 aliphatic rings. The van der Waals surface area contributed by atoms with Crippen LogP contribution in [-0.2, 0) is 16.8 Å². The van der Waals surface area contributed by atoms with Crippen LogP contribution in [-0.4, -0.2) is 45.6 Å². The number of pyridine rings is 2. The lowest BCUT2D eigenvalue weighted by Crippen LogP contribution is -2.51. The number of nitrogens with zero attached hydrogens (tertiary/aromatic N) is 2. The number of ether oxygens (including phenoxy) is 1. The van der Waals surface area contributed by atoms with Gasteiger partial charge in [-0.25, -0.2) is 9.37 Å². The molecule has 3 heterocycles. The van der Waals surface area contributed by atoms with E-state index in [1.165, 1.54) is 24.4 Å². The molecule has 0 radical (unpaired) electrons. The zero-order valence-corrected chi connectivity index (χ0v) is 21.6. The van der Waals surface area contributed by atoms with Gasteiger partial charge in [0.05, 0.1) is 30.8 Å². The fourth-order valence-corrected chi connectivity index (χ4v) is 4.26. The van der Waals surface area contributed by atoms with Crippen LogP contribution < -0.4 is 15.8 Å². The number of carbonyl (C=O) groups is 2. The first-order valence-corrected chi connectivity index (χ1v) is 12.2. The second kappa shape index (κ2) is 11.0. The van der Waals surface area contributed by atoms with Gasteiger partial charge in [0, 0.05) is 29.0 Å². The highest BCUT2D eigenvalue weighted by atomic mass is 19.4. The average Bonchev–Trinajstić information content (AvgIpc) is 3.26. The molecular weight excluding hydrogens is 532 g/mol. The van der Waals surface area contributed by atoms with Crippen LogP contribution in [0.5, 0.6) is 5.75 Å². The number of carbonyl (C=O) groups excluding carboxylic acids is 2. The van der Waals surface area contributed by atoms with Crippen molar-refractivity contribution in [1.29, 1.82) is 0 Å². The van der Waals surface area contributed by atoms with Gasteiger partial charge in [0.25, 0.3) is 5.91 Å². The number of fused-ring (bicyclic) bond motifs is 1. The number of aryl methyl sites for hydroxylation is 1. The van der Waals surface area contributed by atoms with Gasteiger partial charge < -0.3 is 25.3 Å². The summed E-state index contributed by atoms with van der Waals surface area (Å²) < 4.78 is 64.2. The Kier molecular flexibility index (Phi) is 7.83. The summed E-state index contributed by atoms with van der Waals surface area (Å²) in [6.07, 6.45) is -2.64. The largest absolute Gasteiger partial charge is 0.491 e. The summed E-state index contributed by atoms with van der Waals surface area (Å²) in [5, 5.41) is 13.2. The fourth-order valence-electron chi connectivity index (χ4n) is 4.26. The highest BCUT2D eigenvalue weighted by molar-refractivity contribution is 5.94. The molecule has 8 nitrogen and oxygen atoms in total. The zero-order chi connectivity index (χ0) is 29.2. The highest BCUT2D eigenvalue weighted by Gasteiger charge is 2.56. The number of nitrogens with two attached hydrogens (primary N) is 1. The first-order chi connectivity index (χ1) is 18.8. The van der Waals surface area contributed by atoms with E-state index in [1.54, 1.807) is 23.6 Å². The maximum absolute atomic E-state index is 14.5. The summed E-state index contributed by atoms with van der Waals surface area (Å²) in [5.41, 5.74) is 2.46. The Bertz CT molecular complexity index is 1570. The third-order valence-electron chi connectivity index (χ3n) is 6.21. The Morgan fingerprint density at radius 3 is 2.42 bits per heavy atom. The second-order valence-corrected chi connectivity index (χ2v) is 9.24. The molecule has 0 spiro atoms. The third kappa shape index (κ3) is 5.76. The maximum atomic E-state index is 14.5. The van der Waals surface area contributed by atoms with Crippen molar-refractivity contribution in [3.05, 3.63) is 89.1 Å². The van der Waals surface area contributed by atoms with Gasteiger partial charge in [0.2, 0.25) is 11.5 Å². The van der Waals surface area contributed by atoms with Crippen molar-refractivity contribution in [3.8, 4) is 17.0 Å². The smallest absolute Gasteiger partial charge is 0.424 e. The zero-order valence-electron chi connectivity index (χ0n) is 21.6. The molecule has 4 N–H and O–H groups in total. The maximum Gasteiger partial charge on any atom is 0.424 e. The van der Waals surface area contributed by atoms with Crippen molar-refractivity contribution in [1.82, 2.24) is 14.7 Å². The number of hydrogen-bond donors (Lipinski definition) is 3. The summed E-state index contributed by atoms with van der Waals surface area (Å²) in [6.45, 7) is 2.24. The van der Waals surface area contributed by atoms with Crippen molar-refractivity contribution in [2.75, 3.05) is 13.2 Å². The summed E-state index contributed by atoms with van der Waals surface area (Å²) in [5.74, 6) is -2.38. The van der Waals surface area contributed by atoms with Gasteiger partial charge in [-0.15, -0.1) is 0 Å². The predicted molar refractivity (Wildman–Crippen MR) is 138 cm³/mol. The fraction of sp³-hybridized carbons (Fsp3) is 0.250. The Labute approximate surface area is 226 Å². The lowest BCUT2D eigenvalue weighted by Gasteiger charge is -2.31. The molecule has 0 aliphatic heterocycles. The number of halogens is 4. The van der Waals surface area contributed by atoms with Crippen LogP contribution in [0.4, 0.5) is 17.6 Å². The van der Waals surface area contributed by atoms with Crippen molar-refractivity contribution in [2.24, 2.45) is 5.73 Å². The third-order valence-corrected chi connectivity index (χ3v) is 6.21. The molecular formula is C28H26F4N4O4. The second-order valence-electron chi connectivity index (χ2n) is 9.24. The van der Waals surface area contributed by atoms with Crippen molar-refractivity contribution in [3.63, 3.8) is 0 Å². The predicted octanol–water partition coefficient (Wildman–Crippen LogP) is 4.06. The Morgan fingerprint density at radius 1 is 1.10 bits per heavy atom. The summed E-state index contributed by atoms with van der Waals surface area (Å²) in [7, 11) is 0. The van der Waals surface area contributed by atoms with Crippen LogP contribution in [0.3, 0.4) is 0 Å². The number of alkyl halides is 3. The Morgan fingerprint density at radius 2 is 1.80 bits per heavy atom. The molecule has 0 fully saturated rings. The highest BCUT2D eigenvalue weighted by Crippen LogP contribution is 2.42. The molecule has 4 aromatic rings. The Hall–Kier alpha value is -4.45. The number of rotatable bonds is 9. The molecule has 0 unspecified atom stereocenters. The van der Waals surface area contributed by atoms with E-state index in [2.05, 4.69) is 10.3 Å². The monoisotopic (exact) mass is 558 g/mol. The quantitative estimate of drug-likeness (QED) is 0.268. The van der Waals surface area contributed by atoms with Crippen LogP contribution >= 0.6 is 0 Å². The number of aromatic nitrogens is 2. The normalized spacial score (nSPS) is 13.2. The molecule has 3 aromatic heterocycles. The van der Waals surface area contributed by atoms with E-state index in [4.69, 9.17) is 10.5 Å². The van der Waals surface area contributed by atoms with E-state index >= 15 is 0 Å². The van der Waals surface area contributed by atoms with Crippen LogP contribution in [0, 0.1) is 12.7 Å². The molecule has 1 atom stereocenters. The number of aliphatic hydroxyl groups is 1. The molecule has 12 heteroatoms. The summed E-state index contributed by atoms with van der Waals surface area (Å²) in [6, 6.07) is 10.5. The van der Waals surface area contributed by atoms with E-state index in [9.17, 15) is 32.3 Å². The molecule has 40 heavy (non-hydrogen) atoms. The molecule has 0 saturated carbocycles. The van der Waals surface area contributed by atoms with Crippen LogP contribution in [0.2, 0.25) is 0 Å². The van der Waals surface area contributed by atoms with Crippen molar-refractivity contribution in [2.45, 2.75) is 32.0 Å². The van der Waals surface area contributed by atoms with Gasteiger partial charge in [-0.3, -0.25) is 9.59 Å². The minimum Gasteiger partial charge on any atom is -0.491 e. The summed E-state index contributed by atoms with van der Waals surface area (Å²) in [4.78, 5) is 28.7. The molecule has 1 aromatic carbocycles. The number of benzene rings is 1. The van der Waals surface area contributed by atoms with Gasteiger partial charge in [-0.05, 0) is 67.9 Å². The van der Waals surface area contributed by atoms with Gasteiger partial charge in [0.1, 0.15) is 17.3 Å². The minimum absolute atomic E-state index is 0.0412. The summed E-state index contributed by atoms with van der Waals surface area (Å²) >= 11 is 0. The average molecular weight is 559 g/mol. The topological polar surface area (TPSA) is 119 Å². The number of nitrogens with one attached hydrogen (secondary N) is 1. The van der Waals surface area contributed by atoms with Crippen LogP contribution in [0.1, 0.15) is 34.1 Å². The standard InChI is InChI=1S/C28H26F4N4O4/c1-3-40-25-19(12-23(33)37)11-22(35-24(25)17-4-7-20(29)8-5-17)27(39,28(30,31)32)15-34-26(38)18-6-9-21-10-16(2)13-36(21)14-18/h4-11,13-14,39H,3,12,15H2,1-2H3,(H2,33,37)(H,34,38)/t27-/m0/s1. The van der Waals surface area contributed by atoms with Gasteiger partial charge in [0.15, 0.2) is 0 Å². The lowest BCUT2D eigenvalue weighted by atomic mass is 9.93. The Balaban J connectivity index is 1.79. The van der Waals surface area contributed by atoms with E-state index in [-0.39, 0.29) is 34.7 Å². The van der Waals surface area contributed by atoms with E-state index in [1.807, 2.05) is 13.0 Å². The van der Waals surface area contributed by atoms with Gasteiger partial charge in [-0.2, -0.15) is 13.2 Å². The first kappa shape index (κ1) is 28.6. The number of hydrogen-bond acceptors (Lipinski definition) is 5. The van der Waals surface area contributed by atoms with E-state index < -0.39 is 48.1 Å². The minimum atomic E-state index is -5.31. The molecule has 4 rings (SSSR count). The van der Waals surface area contributed by atoms with E-state index in [0.29, 0.717) is 0 Å². The van der Waals surface area contributed by atoms with Gasteiger partial charge >= 0.3 is 6.18 Å². The van der Waals surface area contributed by atoms with E-state index in [0.717, 1.165) is 29.3 Å².